The standard InChI is InChI=1S/C24H26N2O4/c1-16-13-20(23-17(2)15-22(27)30-21(23)14-16)29-18(3)24(28)26-11-9-25(10-12-26)19-7-5-4-6-8-19/h4-8,13-15,18H,9-12H2,1-3H3/t18-/m1/s1. The van der Waals surface area contributed by atoms with Crippen LogP contribution in [0, 0.1) is 13.8 Å². The molecule has 1 aliphatic rings. The molecule has 0 spiro atoms. The first-order valence-electron chi connectivity index (χ1n) is 10.2. The van der Waals surface area contributed by atoms with Crippen molar-refractivity contribution in [3.63, 3.8) is 0 Å². The van der Waals surface area contributed by atoms with Gasteiger partial charge < -0.3 is 19.0 Å². The van der Waals surface area contributed by atoms with Gasteiger partial charge in [0.15, 0.2) is 6.10 Å². The molecule has 4 rings (SSSR count). The Kier molecular flexibility index (Phi) is 5.48. The molecule has 3 aromatic rings. The molecule has 0 aliphatic carbocycles. The molecule has 156 valence electrons. The molecule has 30 heavy (non-hydrogen) atoms. The number of para-hydroxylation sites is 1. The fourth-order valence-electron chi connectivity index (χ4n) is 3.99. The van der Waals surface area contributed by atoms with Gasteiger partial charge in [-0.15, -0.1) is 0 Å². The minimum atomic E-state index is -0.635. The number of nitrogens with zero attached hydrogens (tertiary/aromatic N) is 2. The molecule has 1 fully saturated rings. The van der Waals surface area contributed by atoms with Crippen molar-refractivity contribution in [2.24, 2.45) is 0 Å². The molecule has 2 heterocycles. The van der Waals surface area contributed by atoms with E-state index in [0.29, 0.717) is 24.4 Å². The molecule has 2 aromatic carbocycles. The van der Waals surface area contributed by atoms with Crippen LogP contribution in [0.1, 0.15) is 18.1 Å². The third-order valence-electron chi connectivity index (χ3n) is 5.51. The van der Waals surface area contributed by atoms with Gasteiger partial charge in [-0.3, -0.25) is 4.79 Å². The number of piperazine rings is 1. The first-order chi connectivity index (χ1) is 14.4. The Balaban J connectivity index is 1.48. The summed E-state index contributed by atoms with van der Waals surface area (Å²) in [6, 6.07) is 15.4. The lowest BCUT2D eigenvalue weighted by Crippen LogP contribution is -2.52. The SMILES string of the molecule is Cc1cc(O[C@H](C)C(=O)N2CCN(c3ccccc3)CC2)c2c(C)cc(=O)oc2c1. The Hall–Kier alpha value is -3.28. The van der Waals surface area contributed by atoms with Crippen molar-refractivity contribution < 1.29 is 13.9 Å². The molecule has 6 heteroatoms. The summed E-state index contributed by atoms with van der Waals surface area (Å²) >= 11 is 0. The number of aryl methyl sites for hydroxylation is 2. The summed E-state index contributed by atoms with van der Waals surface area (Å²) in [5.74, 6) is 0.530. The first-order valence-corrected chi connectivity index (χ1v) is 10.2. The Morgan fingerprint density at radius 3 is 2.43 bits per heavy atom. The third kappa shape index (κ3) is 4.03. The molecule has 0 bridgehead atoms. The van der Waals surface area contributed by atoms with E-state index in [9.17, 15) is 9.59 Å². The molecule has 0 radical (unpaired) electrons. The second kappa shape index (κ2) is 8.22. The summed E-state index contributed by atoms with van der Waals surface area (Å²) in [4.78, 5) is 28.9. The van der Waals surface area contributed by atoms with E-state index in [0.717, 1.165) is 29.6 Å². The average molecular weight is 406 g/mol. The smallest absolute Gasteiger partial charge is 0.336 e. The highest BCUT2D eigenvalue weighted by Gasteiger charge is 2.27. The lowest BCUT2D eigenvalue weighted by molar-refractivity contribution is -0.138. The highest BCUT2D eigenvalue weighted by molar-refractivity contribution is 5.88. The highest BCUT2D eigenvalue weighted by Crippen LogP contribution is 2.30. The summed E-state index contributed by atoms with van der Waals surface area (Å²) < 4.78 is 11.4. The molecular weight excluding hydrogens is 380 g/mol. The maximum atomic E-state index is 13.0. The van der Waals surface area contributed by atoms with Gasteiger partial charge in [0, 0.05) is 37.9 Å². The quantitative estimate of drug-likeness (QED) is 0.621. The van der Waals surface area contributed by atoms with Crippen molar-refractivity contribution in [1.29, 1.82) is 0 Å². The van der Waals surface area contributed by atoms with E-state index in [1.54, 1.807) is 6.92 Å². The number of fused-ring (bicyclic) bond motifs is 1. The van der Waals surface area contributed by atoms with E-state index < -0.39 is 11.7 Å². The zero-order valence-electron chi connectivity index (χ0n) is 17.6. The van der Waals surface area contributed by atoms with Crippen molar-refractivity contribution in [3.8, 4) is 5.75 Å². The van der Waals surface area contributed by atoms with Crippen molar-refractivity contribution in [1.82, 2.24) is 4.90 Å². The van der Waals surface area contributed by atoms with Gasteiger partial charge in [-0.25, -0.2) is 4.79 Å². The van der Waals surface area contributed by atoms with Crippen LogP contribution in [0.2, 0.25) is 0 Å². The number of benzene rings is 2. The second-order valence-corrected chi connectivity index (χ2v) is 7.79. The zero-order valence-corrected chi connectivity index (χ0v) is 17.6. The van der Waals surface area contributed by atoms with Crippen molar-refractivity contribution in [2.45, 2.75) is 26.9 Å². The van der Waals surface area contributed by atoms with Crippen molar-refractivity contribution in [3.05, 3.63) is 70.1 Å². The molecule has 1 saturated heterocycles. The highest BCUT2D eigenvalue weighted by atomic mass is 16.5. The van der Waals surface area contributed by atoms with Gasteiger partial charge in [-0.2, -0.15) is 0 Å². The van der Waals surface area contributed by atoms with Gasteiger partial charge in [0.2, 0.25) is 0 Å². The summed E-state index contributed by atoms with van der Waals surface area (Å²) in [6.45, 7) is 8.42. The summed E-state index contributed by atoms with van der Waals surface area (Å²) in [6.07, 6.45) is -0.635. The van der Waals surface area contributed by atoms with Crippen LogP contribution in [-0.4, -0.2) is 43.1 Å². The fourth-order valence-corrected chi connectivity index (χ4v) is 3.99. The van der Waals surface area contributed by atoms with Crippen molar-refractivity contribution >= 4 is 22.6 Å². The van der Waals surface area contributed by atoms with Gasteiger partial charge in [0.25, 0.3) is 5.91 Å². The lowest BCUT2D eigenvalue weighted by atomic mass is 10.1. The number of hydrogen-bond acceptors (Lipinski definition) is 5. The van der Waals surface area contributed by atoms with Gasteiger partial charge in [0.1, 0.15) is 11.3 Å². The maximum Gasteiger partial charge on any atom is 0.336 e. The van der Waals surface area contributed by atoms with Gasteiger partial charge in [-0.05, 0) is 56.2 Å². The van der Waals surface area contributed by atoms with Gasteiger partial charge in [-0.1, -0.05) is 18.2 Å². The van der Waals surface area contributed by atoms with E-state index in [1.165, 1.54) is 11.8 Å². The van der Waals surface area contributed by atoms with Crippen LogP contribution in [0.15, 0.2) is 57.7 Å². The van der Waals surface area contributed by atoms with Gasteiger partial charge >= 0.3 is 5.63 Å². The van der Waals surface area contributed by atoms with Crippen LogP contribution < -0.4 is 15.3 Å². The van der Waals surface area contributed by atoms with Crippen LogP contribution in [0.5, 0.6) is 5.75 Å². The van der Waals surface area contributed by atoms with Crippen molar-refractivity contribution in [2.75, 3.05) is 31.1 Å². The van der Waals surface area contributed by atoms with Crippen LogP contribution in [0.25, 0.3) is 11.0 Å². The monoisotopic (exact) mass is 406 g/mol. The fraction of sp³-hybridized carbons (Fsp3) is 0.333. The Morgan fingerprint density at radius 2 is 1.73 bits per heavy atom. The third-order valence-corrected chi connectivity index (χ3v) is 5.51. The number of rotatable bonds is 4. The molecule has 1 amide bonds. The molecule has 6 nitrogen and oxygen atoms in total. The predicted octanol–water partition coefficient (Wildman–Crippen LogP) is 3.53. The van der Waals surface area contributed by atoms with Crippen LogP contribution >= 0.6 is 0 Å². The van der Waals surface area contributed by atoms with E-state index in [4.69, 9.17) is 9.15 Å². The first kappa shape index (κ1) is 20.0. The Labute approximate surface area is 175 Å². The normalized spacial score (nSPS) is 15.3. The van der Waals surface area contributed by atoms with E-state index >= 15 is 0 Å². The van der Waals surface area contributed by atoms with E-state index in [-0.39, 0.29) is 5.91 Å². The summed E-state index contributed by atoms with van der Waals surface area (Å²) in [5, 5.41) is 0.730. The number of anilines is 1. The number of carbonyl (C=O) groups excluding carboxylic acids is 1. The minimum absolute atomic E-state index is 0.0348. The van der Waals surface area contributed by atoms with Crippen LogP contribution in [0.3, 0.4) is 0 Å². The summed E-state index contributed by atoms with van der Waals surface area (Å²) in [5.41, 5.74) is 2.94. The lowest BCUT2D eigenvalue weighted by Gasteiger charge is -2.37. The molecule has 0 N–H and O–H groups in total. The van der Waals surface area contributed by atoms with E-state index in [1.807, 2.05) is 49.1 Å². The molecule has 1 aliphatic heterocycles. The molecule has 1 atom stereocenters. The Bertz CT molecular complexity index is 1120. The molecule has 0 saturated carbocycles. The minimum Gasteiger partial charge on any atom is -0.480 e. The molecule has 0 unspecified atom stereocenters. The molecular formula is C24H26N2O4. The number of amides is 1. The average Bonchev–Trinajstić information content (AvgIpc) is 2.73. The Morgan fingerprint density at radius 1 is 1.03 bits per heavy atom. The number of hydrogen-bond donors (Lipinski definition) is 0. The van der Waals surface area contributed by atoms with Crippen LogP contribution in [0.4, 0.5) is 5.69 Å². The van der Waals surface area contributed by atoms with Gasteiger partial charge in [0.05, 0.1) is 5.39 Å². The topological polar surface area (TPSA) is 63.0 Å². The number of carbonyl (C=O) groups is 1. The van der Waals surface area contributed by atoms with E-state index in [2.05, 4.69) is 17.0 Å². The number of ether oxygens (including phenoxy) is 1. The van der Waals surface area contributed by atoms with Crippen LogP contribution in [-0.2, 0) is 4.79 Å². The maximum absolute atomic E-state index is 13.0. The predicted molar refractivity (Wildman–Crippen MR) is 117 cm³/mol. The second-order valence-electron chi connectivity index (χ2n) is 7.79. The zero-order chi connectivity index (χ0) is 21.3. The summed E-state index contributed by atoms with van der Waals surface area (Å²) in [7, 11) is 0. The molecule has 1 aromatic heterocycles. The largest absolute Gasteiger partial charge is 0.480 e.